The first-order chi connectivity index (χ1) is 13.0. The Morgan fingerprint density at radius 3 is 2.70 bits per heavy atom. The van der Waals surface area contributed by atoms with E-state index in [1.807, 2.05) is 25.1 Å². The van der Waals surface area contributed by atoms with Crippen LogP contribution in [-0.4, -0.2) is 23.7 Å². The molecule has 0 saturated carbocycles. The predicted octanol–water partition coefficient (Wildman–Crippen LogP) is 4.51. The monoisotopic (exact) mass is 364 g/mol. The number of carbonyl (C=O) groups excluding carboxylic acids is 1. The van der Waals surface area contributed by atoms with E-state index in [0.717, 1.165) is 28.5 Å². The molecule has 2 aromatic carbocycles. The van der Waals surface area contributed by atoms with Gasteiger partial charge in [-0.25, -0.2) is 25.0 Å². The molecule has 5 nitrogen and oxygen atoms in total. The van der Waals surface area contributed by atoms with Crippen molar-refractivity contribution in [1.29, 1.82) is 0 Å². The maximum absolute atomic E-state index is 13.6. The molecule has 2 heterocycles. The number of benzene rings is 2. The number of nitrogens with zero attached hydrogens (tertiary/aromatic N) is 4. The average molecular weight is 364 g/mol. The molecule has 1 atom stereocenters. The number of hydrogen-bond donors (Lipinski definition) is 0. The summed E-state index contributed by atoms with van der Waals surface area (Å²) in [5, 5.41) is 1.65. The molecule has 0 unspecified atom stereocenters. The Labute approximate surface area is 154 Å². The molecule has 1 aliphatic rings. The zero-order valence-corrected chi connectivity index (χ0v) is 14.4. The van der Waals surface area contributed by atoms with Gasteiger partial charge in [-0.05, 0) is 25.1 Å². The van der Waals surface area contributed by atoms with Gasteiger partial charge in [-0.3, -0.25) is 14.7 Å². The van der Waals surface area contributed by atoms with E-state index in [2.05, 4.69) is 9.83 Å². The number of hydrogen-bond acceptors (Lipinski definition) is 2. The Morgan fingerprint density at radius 2 is 1.96 bits per heavy atom. The Balaban J connectivity index is 1.81. The highest BCUT2D eigenvalue weighted by Gasteiger charge is 2.44. The second-order valence-corrected chi connectivity index (χ2v) is 6.35. The standard InChI is InChI=1S/C20H14F2N4O/c1-12-3-4-13-9-24-10-18(15(13)7-12)26-19(23-2)11-25(20(26)27)14-5-6-16(21)17(22)8-14/h3-10,19H,11H2,1H3/t19-/m0/s1. The summed E-state index contributed by atoms with van der Waals surface area (Å²) in [5.41, 5.74) is 1.74. The van der Waals surface area contributed by atoms with Gasteiger partial charge in [-0.2, -0.15) is 0 Å². The number of carbonyl (C=O) groups is 1. The maximum atomic E-state index is 13.6. The molecule has 2 amide bonds. The van der Waals surface area contributed by atoms with Gasteiger partial charge >= 0.3 is 12.2 Å². The van der Waals surface area contributed by atoms with E-state index >= 15 is 0 Å². The number of fused-ring (bicyclic) bond motifs is 1. The van der Waals surface area contributed by atoms with Crippen LogP contribution >= 0.6 is 0 Å². The second-order valence-electron chi connectivity index (χ2n) is 6.35. The smallest absolute Gasteiger partial charge is 0.287 e. The van der Waals surface area contributed by atoms with Crippen molar-refractivity contribution in [2.24, 2.45) is 0 Å². The molecule has 7 heteroatoms. The van der Waals surface area contributed by atoms with Crippen LogP contribution in [0.3, 0.4) is 0 Å². The van der Waals surface area contributed by atoms with Crippen LogP contribution in [-0.2, 0) is 0 Å². The van der Waals surface area contributed by atoms with Crippen molar-refractivity contribution < 1.29 is 13.6 Å². The van der Waals surface area contributed by atoms with E-state index in [0.29, 0.717) is 5.69 Å². The summed E-state index contributed by atoms with van der Waals surface area (Å²) < 4.78 is 26.8. The molecule has 1 aromatic heterocycles. The number of halogens is 2. The molecule has 1 aliphatic heterocycles. The molecule has 0 aliphatic carbocycles. The van der Waals surface area contributed by atoms with Crippen LogP contribution in [0.5, 0.6) is 0 Å². The normalized spacial score (nSPS) is 16.8. The molecule has 0 radical (unpaired) electrons. The van der Waals surface area contributed by atoms with Gasteiger partial charge in [0.2, 0.25) is 0 Å². The van der Waals surface area contributed by atoms with Gasteiger partial charge in [0, 0.05) is 28.7 Å². The van der Waals surface area contributed by atoms with E-state index in [1.165, 1.54) is 15.9 Å². The minimum atomic E-state index is -1.04. The van der Waals surface area contributed by atoms with Gasteiger partial charge in [-0.15, -0.1) is 0 Å². The molecule has 1 saturated heterocycles. The maximum Gasteiger partial charge on any atom is 0.335 e. The number of anilines is 2. The molecule has 3 aromatic rings. The number of aryl methyl sites for hydroxylation is 1. The molecule has 0 bridgehead atoms. The summed E-state index contributed by atoms with van der Waals surface area (Å²) in [5.74, 6) is -2.03. The number of amides is 2. The third-order valence-electron chi connectivity index (χ3n) is 4.60. The molecule has 134 valence electrons. The van der Waals surface area contributed by atoms with Gasteiger partial charge in [0.1, 0.15) is 6.54 Å². The topological polar surface area (TPSA) is 40.8 Å². The highest BCUT2D eigenvalue weighted by Crippen LogP contribution is 2.34. The fourth-order valence-electron chi connectivity index (χ4n) is 3.27. The summed E-state index contributed by atoms with van der Waals surface area (Å²) in [6, 6.07) is 8.56. The van der Waals surface area contributed by atoms with Gasteiger partial charge < -0.3 is 0 Å². The van der Waals surface area contributed by atoms with Crippen molar-refractivity contribution in [3.8, 4) is 0 Å². The first-order valence-corrected chi connectivity index (χ1v) is 8.26. The van der Waals surface area contributed by atoms with Gasteiger partial charge in [-0.1, -0.05) is 17.7 Å². The van der Waals surface area contributed by atoms with Crippen LogP contribution in [0, 0.1) is 25.1 Å². The van der Waals surface area contributed by atoms with Gasteiger partial charge in [0.25, 0.3) is 0 Å². The van der Waals surface area contributed by atoms with E-state index < -0.39 is 23.8 Å². The first kappa shape index (κ1) is 16.9. The summed E-state index contributed by atoms with van der Waals surface area (Å²) >= 11 is 0. The highest BCUT2D eigenvalue weighted by atomic mass is 19.2. The van der Waals surface area contributed by atoms with Crippen LogP contribution < -0.4 is 9.80 Å². The fourth-order valence-corrected chi connectivity index (χ4v) is 3.27. The fraction of sp³-hybridized carbons (Fsp3) is 0.150. The lowest BCUT2D eigenvalue weighted by Gasteiger charge is -2.19. The van der Waals surface area contributed by atoms with Crippen molar-refractivity contribution in [3.63, 3.8) is 0 Å². The quantitative estimate of drug-likeness (QED) is 0.628. The van der Waals surface area contributed by atoms with Crippen molar-refractivity contribution in [2.45, 2.75) is 13.1 Å². The summed E-state index contributed by atoms with van der Waals surface area (Å²) in [7, 11) is 0. The van der Waals surface area contributed by atoms with Crippen LogP contribution in [0.1, 0.15) is 5.56 Å². The number of aromatic nitrogens is 1. The molecule has 27 heavy (non-hydrogen) atoms. The first-order valence-electron chi connectivity index (χ1n) is 8.26. The predicted molar refractivity (Wildman–Crippen MR) is 98.4 cm³/mol. The van der Waals surface area contributed by atoms with Crippen molar-refractivity contribution in [3.05, 3.63) is 77.4 Å². The van der Waals surface area contributed by atoms with Crippen molar-refractivity contribution in [2.75, 3.05) is 16.3 Å². The lowest BCUT2D eigenvalue weighted by atomic mass is 10.1. The summed E-state index contributed by atoms with van der Waals surface area (Å²) in [6.45, 7) is 9.49. The molecule has 1 fully saturated rings. The van der Waals surface area contributed by atoms with E-state index in [4.69, 9.17) is 6.57 Å². The van der Waals surface area contributed by atoms with Crippen LogP contribution in [0.2, 0.25) is 0 Å². The minimum Gasteiger partial charge on any atom is -0.287 e. The summed E-state index contributed by atoms with van der Waals surface area (Å²) in [6.07, 6.45) is 2.45. The third-order valence-corrected chi connectivity index (χ3v) is 4.60. The molecular weight excluding hydrogens is 350 g/mol. The average Bonchev–Trinajstić information content (AvgIpc) is 3.00. The molecule has 4 rings (SSSR count). The van der Waals surface area contributed by atoms with E-state index in [9.17, 15) is 13.6 Å². The van der Waals surface area contributed by atoms with Gasteiger partial charge in [0.15, 0.2) is 11.6 Å². The van der Waals surface area contributed by atoms with E-state index in [-0.39, 0.29) is 12.2 Å². The zero-order valence-electron chi connectivity index (χ0n) is 14.4. The lowest BCUT2D eigenvalue weighted by Crippen LogP contribution is -2.34. The van der Waals surface area contributed by atoms with E-state index in [1.54, 1.807) is 12.4 Å². The number of urea groups is 1. The lowest BCUT2D eigenvalue weighted by molar-refractivity contribution is 0.255. The van der Waals surface area contributed by atoms with Gasteiger partial charge in [0.05, 0.1) is 11.9 Å². The Hall–Kier alpha value is -3.53. The Bertz CT molecular complexity index is 1110. The molecular formula is C20H14F2N4O. The second kappa shape index (κ2) is 6.32. The zero-order chi connectivity index (χ0) is 19.1. The SMILES string of the molecule is [C-]#[N+][C@@H]1CN(c2ccc(F)c(F)c2)C(=O)N1c1cncc2ccc(C)cc12. The van der Waals surface area contributed by atoms with Crippen molar-refractivity contribution in [1.82, 2.24) is 4.98 Å². The molecule has 0 N–H and O–H groups in total. The Morgan fingerprint density at radius 1 is 1.15 bits per heavy atom. The van der Waals surface area contributed by atoms with Crippen molar-refractivity contribution >= 4 is 28.2 Å². The summed E-state index contributed by atoms with van der Waals surface area (Å²) in [4.78, 5) is 23.5. The number of rotatable bonds is 2. The van der Waals surface area contributed by atoms with Crippen LogP contribution in [0.4, 0.5) is 25.0 Å². The minimum absolute atomic E-state index is 0.0512. The Kier molecular flexibility index (Phi) is 3.96. The number of pyridine rings is 1. The molecule has 0 spiro atoms. The third kappa shape index (κ3) is 2.75. The highest BCUT2D eigenvalue weighted by molar-refractivity contribution is 6.11. The van der Waals surface area contributed by atoms with Crippen LogP contribution in [0.25, 0.3) is 15.6 Å². The van der Waals surface area contributed by atoms with Crippen LogP contribution in [0.15, 0.2) is 48.8 Å². The largest absolute Gasteiger partial charge is 0.335 e.